The van der Waals surface area contributed by atoms with Crippen molar-refractivity contribution >= 4 is 39.0 Å². The Labute approximate surface area is 343 Å². The van der Waals surface area contributed by atoms with Gasteiger partial charge in [-0.1, -0.05) is 164 Å². The molecular weight excluding hydrogens is 715 g/mol. The van der Waals surface area contributed by atoms with E-state index < -0.39 is 10.8 Å². The molecule has 0 atom stereocenters. The Morgan fingerprint density at radius 2 is 0.847 bits per heavy atom. The zero-order valence-electron chi connectivity index (χ0n) is 32.5. The van der Waals surface area contributed by atoms with E-state index in [1.807, 2.05) is 0 Å². The summed E-state index contributed by atoms with van der Waals surface area (Å²) >= 11 is 0. The fourth-order valence-electron chi connectivity index (χ4n) is 11.4. The molecule has 0 fully saturated rings. The Kier molecular flexibility index (Phi) is 6.54. The standard InChI is InChI=1S/C57H37NO/c1-56(45-25-11-5-19-38(45)39-20-6-12-26-46(39)56)55-51(33-34-53-54(55)44-24-10-16-30-52(44)59-53)58(36-17-3-2-4-18-36)37-31-32-43-42-23-9-15-29-49(42)57(50(43)35-37)47-27-13-7-21-40(47)41-22-8-14-28-48(41)57/h2-35H,1H3. The lowest BCUT2D eigenvalue weighted by atomic mass is 9.70. The average Bonchev–Trinajstić information content (AvgIpc) is 4.00. The zero-order valence-corrected chi connectivity index (χ0v) is 32.5. The van der Waals surface area contributed by atoms with Crippen LogP contribution in [0.1, 0.15) is 45.9 Å². The van der Waals surface area contributed by atoms with E-state index in [1.54, 1.807) is 0 Å². The van der Waals surface area contributed by atoms with Crippen molar-refractivity contribution < 1.29 is 4.42 Å². The predicted octanol–water partition coefficient (Wildman–Crippen LogP) is 14.7. The quantitative estimate of drug-likeness (QED) is 0.178. The van der Waals surface area contributed by atoms with Crippen LogP contribution in [0.3, 0.4) is 0 Å². The van der Waals surface area contributed by atoms with E-state index in [1.165, 1.54) is 72.3 Å². The van der Waals surface area contributed by atoms with Gasteiger partial charge in [0.05, 0.1) is 11.1 Å². The molecule has 1 heterocycles. The van der Waals surface area contributed by atoms with Crippen LogP contribution in [0, 0.1) is 0 Å². The van der Waals surface area contributed by atoms with Gasteiger partial charge in [-0.2, -0.15) is 0 Å². The van der Waals surface area contributed by atoms with Gasteiger partial charge in [-0.15, -0.1) is 0 Å². The summed E-state index contributed by atoms with van der Waals surface area (Å²) < 4.78 is 6.73. The fourth-order valence-corrected chi connectivity index (χ4v) is 11.4. The third-order valence-corrected chi connectivity index (χ3v) is 13.7. The molecule has 0 aliphatic heterocycles. The second kappa shape index (κ2) is 11.8. The Bertz CT molecular complexity index is 3260. The number of hydrogen-bond acceptors (Lipinski definition) is 2. The third kappa shape index (κ3) is 4.10. The number of benzene rings is 9. The summed E-state index contributed by atoms with van der Waals surface area (Å²) in [6, 6.07) is 76.3. The van der Waals surface area contributed by atoms with Gasteiger partial charge in [0, 0.05) is 33.1 Å². The minimum Gasteiger partial charge on any atom is -0.456 e. The van der Waals surface area contributed by atoms with Gasteiger partial charge < -0.3 is 9.32 Å². The summed E-state index contributed by atoms with van der Waals surface area (Å²) in [5.74, 6) is 0. The number of para-hydroxylation sites is 2. The molecule has 10 aromatic rings. The van der Waals surface area contributed by atoms with E-state index in [0.29, 0.717) is 0 Å². The van der Waals surface area contributed by atoms with Gasteiger partial charge in [0.2, 0.25) is 0 Å². The molecule has 59 heavy (non-hydrogen) atoms. The summed E-state index contributed by atoms with van der Waals surface area (Å²) in [6.07, 6.45) is 0. The van der Waals surface area contributed by atoms with Gasteiger partial charge in [-0.05, 0) is 116 Å². The molecule has 2 heteroatoms. The maximum atomic E-state index is 6.73. The highest BCUT2D eigenvalue weighted by molar-refractivity contribution is 6.11. The van der Waals surface area contributed by atoms with Crippen molar-refractivity contribution in [3.05, 3.63) is 245 Å². The molecular formula is C57H37NO. The van der Waals surface area contributed by atoms with Crippen LogP contribution in [0.4, 0.5) is 17.1 Å². The highest BCUT2D eigenvalue weighted by atomic mass is 16.3. The molecule has 0 bridgehead atoms. The molecule has 3 aliphatic rings. The number of nitrogens with zero attached hydrogens (tertiary/aromatic N) is 1. The lowest BCUT2D eigenvalue weighted by Gasteiger charge is -2.36. The largest absolute Gasteiger partial charge is 0.456 e. The van der Waals surface area contributed by atoms with Crippen LogP contribution in [0.15, 0.2) is 211 Å². The Morgan fingerprint density at radius 3 is 1.44 bits per heavy atom. The maximum absolute atomic E-state index is 6.73. The minimum atomic E-state index is -0.515. The molecule has 9 aromatic carbocycles. The molecule has 0 amide bonds. The highest BCUT2D eigenvalue weighted by Gasteiger charge is 2.52. The first kappa shape index (κ1) is 32.6. The average molecular weight is 752 g/mol. The normalized spacial score (nSPS) is 14.5. The molecule has 276 valence electrons. The van der Waals surface area contributed by atoms with Crippen LogP contribution in [-0.2, 0) is 10.8 Å². The number of fused-ring (bicyclic) bond motifs is 16. The summed E-state index contributed by atoms with van der Waals surface area (Å²) in [6.45, 7) is 2.43. The minimum absolute atomic E-state index is 0.458. The predicted molar refractivity (Wildman–Crippen MR) is 242 cm³/mol. The molecule has 1 aromatic heterocycles. The van der Waals surface area contributed by atoms with E-state index in [2.05, 4.69) is 218 Å². The Balaban J connectivity index is 1.15. The summed E-state index contributed by atoms with van der Waals surface area (Å²) in [5, 5.41) is 2.27. The summed E-state index contributed by atoms with van der Waals surface area (Å²) in [5.41, 5.74) is 21.1. The lowest BCUT2D eigenvalue weighted by molar-refractivity contribution is 0.666. The number of rotatable bonds is 4. The van der Waals surface area contributed by atoms with Crippen LogP contribution < -0.4 is 4.90 Å². The third-order valence-electron chi connectivity index (χ3n) is 13.7. The maximum Gasteiger partial charge on any atom is 0.135 e. The SMILES string of the molecule is CC1(c2c(N(c3ccccc3)c3ccc4c(c3)C3(c5ccccc5-c5ccccc53)c3ccccc3-4)ccc3oc4ccccc4c23)c2ccccc2-c2ccccc21. The molecule has 2 nitrogen and oxygen atoms in total. The van der Waals surface area contributed by atoms with Crippen molar-refractivity contribution in [1.29, 1.82) is 0 Å². The Morgan fingerprint density at radius 1 is 0.373 bits per heavy atom. The van der Waals surface area contributed by atoms with E-state index in [9.17, 15) is 0 Å². The van der Waals surface area contributed by atoms with Gasteiger partial charge >= 0.3 is 0 Å². The second-order valence-electron chi connectivity index (χ2n) is 16.4. The first-order valence-corrected chi connectivity index (χ1v) is 20.6. The van der Waals surface area contributed by atoms with E-state index >= 15 is 0 Å². The van der Waals surface area contributed by atoms with Crippen LogP contribution in [0.25, 0.3) is 55.3 Å². The second-order valence-corrected chi connectivity index (χ2v) is 16.4. The van der Waals surface area contributed by atoms with Crippen molar-refractivity contribution in [2.24, 2.45) is 0 Å². The van der Waals surface area contributed by atoms with Crippen LogP contribution in [0.2, 0.25) is 0 Å². The van der Waals surface area contributed by atoms with Crippen LogP contribution in [0.5, 0.6) is 0 Å². The van der Waals surface area contributed by atoms with Crippen molar-refractivity contribution in [3.63, 3.8) is 0 Å². The van der Waals surface area contributed by atoms with Gasteiger partial charge in [-0.25, -0.2) is 0 Å². The van der Waals surface area contributed by atoms with Crippen LogP contribution >= 0.6 is 0 Å². The fraction of sp³-hybridized carbons (Fsp3) is 0.0526. The highest BCUT2D eigenvalue weighted by Crippen LogP contribution is 2.64. The molecule has 13 rings (SSSR count). The molecule has 0 saturated carbocycles. The van der Waals surface area contributed by atoms with Gasteiger partial charge in [-0.3, -0.25) is 0 Å². The monoisotopic (exact) mass is 751 g/mol. The molecule has 0 saturated heterocycles. The molecule has 0 unspecified atom stereocenters. The Hall–Kier alpha value is -7.42. The van der Waals surface area contributed by atoms with Gasteiger partial charge in [0.15, 0.2) is 0 Å². The molecule has 0 N–H and O–H groups in total. The van der Waals surface area contributed by atoms with E-state index in [0.717, 1.165) is 39.0 Å². The first-order valence-electron chi connectivity index (χ1n) is 20.6. The van der Waals surface area contributed by atoms with Crippen molar-refractivity contribution in [1.82, 2.24) is 0 Å². The number of hydrogen-bond donors (Lipinski definition) is 0. The van der Waals surface area contributed by atoms with Crippen molar-refractivity contribution in [2.45, 2.75) is 17.8 Å². The first-order chi connectivity index (χ1) is 29.2. The molecule has 3 aliphatic carbocycles. The molecule has 0 radical (unpaired) electrons. The van der Waals surface area contributed by atoms with E-state index in [-0.39, 0.29) is 0 Å². The summed E-state index contributed by atoms with van der Waals surface area (Å²) in [7, 11) is 0. The van der Waals surface area contributed by atoms with Crippen molar-refractivity contribution in [3.8, 4) is 33.4 Å². The van der Waals surface area contributed by atoms with Gasteiger partial charge in [0.1, 0.15) is 11.2 Å². The topological polar surface area (TPSA) is 16.4 Å². The van der Waals surface area contributed by atoms with E-state index in [4.69, 9.17) is 4.42 Å². The number of anilines is 3. The van der Waals surface area contributed by atoms with Crippen molar-refractivity contribution in [2.75, 3.05) is 4.90 Å². The summed E-state index contributed by atoms with van der Waals surface area (Å²) in [4.78, 5) is 2.51. The van der Waals surface area contributed by atoms with Gasteiger partial charge in [0.25, 0.3) is 0 Å². The zero-order chi connectivity index (χ0) is 38.9. The number of furan rings is 1. The smallest absolute Gasteiger partial charge is 0.135 e. The molecule has 1 spiro atoms. The lowest BCUT2D eigenvalue weighted by Crippen LogP contribution is -2.27. The van der Waals surface area contributed by atoms with Crippen LogP contribution in [-0.4, -0.2) is 0 Å².